The van der Waals surface area contributed by atoms with E-state index in [9.17, 15) is 4.39 Å². The largest absolute Gasteiger partial charge is 0.497 e. The van der Waals surface area contributed by atoms with Gasteiger partial charge in [-0.1, -0.05) is 0 Å². The van der Waals surface area contributed by atoms with Gasteiger partial charge in [-0.3, -0.25) is 0 Å². The molecule has 0 aromatic heterocycles. The van der Waals surface area contributed by atoms with Crippen molar-refractivity contribution in [3.05, 3.63) is 53.6 Å². The van der Waals surface area contributed by atoms with Crippen molar-refractivity contribution in [1.82, 2.24) is 0 Å². The van der Waals surface area contributed by atoms with Crippen molar-refractivity contribution in [3.8, 4) is 11.8 Å². The van der Waals surface area contributed by atoms with Crippen LogP contribution < -0.4 is 10.1 Å². The molecule has 2 aromatic rings. The standard InChI is InChI=1S/C15H13FN2O/c1-19-14-6-7-15(12(8-14)9-16)18-13-4-2-11(10-17)3-5-13/h2-8,18H,9H2,1H3. The molecule has 0 bridgehead atoms. The minimum Gasteiger partial charge on any atom is -0.497 e. The minimum atomic E-state index is -0.574. The lowest BCUT2D eigenvalue weighted by Crippen LogP contribution is -1.96. The molecule has 96 valence electrons. The number of anilines is 2. The van der Waals surface area contributed by atoms with Crippen LogP contribution in [0.3, 0.4) is 0 Å². The van der Waals surface area contributed by atoms with Crippen molar-refractivity contribution in [2.24, 2.45) is 0 Å². The maximum Gasteiger partial charge on any atom is 0.119 e. The molecule has 0 unspecified atom stereocenters. The van der Waals surface area contributed by atoms with Crippen molar-refractivity contribution in [3.63, 3.8) is 0 Å². The molecule has 0 aliphatic carbocycles. The molecule has 0 heterocycles. The van der Waals surface area contributed by atoms with Crippen molar-refractivity contribution < 1.29 is 9.13 Å². The highest BCUT2D eigenvalue weighted by Gasteiger charge is 2.05. The molecule has 3 nitrogen and oxygen atoms in total. The zero-order chi connectivity index (χ0) is 13.7. The lowest BCUT2D eigenvalue weighted by Gasteiger charge is -2.11. The number of nitrogens with one attached hydrogen (secondary N) is 1. The number of alkyl halides is 1. The Morgan fingerprint density at radius 2 is 1.95 bits per heavy atom. The summed E-state index contributed by atoms with van der Waals surface area (Å²) in [4.78, 5) is 0. The zero-order valence-electron chi connectivity index (χ0n) is 10.5. The minimum absolute atomic E-state index is 0.531. The molecule has 0 aliphatic rings. The molecule has 0 saturated carbocycles. The van der Waals surface area contributed by atoms with Gasteiger partial charge in [0.25, 0.3) is 0 Å². The first-order chi connectivity index (χ1) is 9.26. The first kappa shape index (κ1) is 12.9. The zero-order valence-corrected chi connectivity index (χ0v) is 10.5. The number of hydrogen-bond donors (Lipinski definition) is 1. The smallest absolute Gasteiger partial charge is 0.119 e. The first-order valence-corrected chi connectivity index (χ1v) is 5.77. The van der Waals surface area contributed by atoms with E-state index >= 15 is 0 Å². The number of hydrogen-bond acceptors (Lipinski definition) is 3. The molecule has 4 heteroatoms. The van der Waals surface area contributed by atoms with E-state index in [1.807, 2.05) is 0 Å². The van der Waals surface area contributed by atoms with Crippen molar-refractivity contribution >= 4 is 11.4 Å². The fourth-order valence-corrected chi connectivity index (χ4v) is 1.71. The molecule has 2 aromatic carbocycles. The maximum absolute atomic E-state index is 13.0. The number of benzene rings is 2. The SMILES string of the molecule is COc1ccc(Nc2ccc(C#N)cc2)c(CF)c1. The quantitative estimate of drug-likeness (QED) is 0.905. The normalized spacial score (nSPS) is 9.74. The Morgan fingerprint density at radius 1 is 1.21 bits per heavy atom. The predicted octanol–water partition coefficient (Wildman–Crippen LogP) is 3.78. The molecule has 0 fully saturated rings. The summed E-state index contributed by atoms with van der Waals surface area (Å²) in [6, 6.07) is 14.2. The fraction of sp³-hybridized carbons (Fsp3) is 0.133. The number of halogens is 1. The van der Waals surface area contributed by atoms with Gasteiger partial charge >= 0.3 is 0 Å². The molecular formula is C15H13FN2O. The number of nitriles is 1. The second-order valence-electron chi connectivity index (χ2n) is 3.97. The third kappa shape index (κ3) is 3.02. The Morgan fingerprint density at radius 3 is 2.53 bits per heavy atom. The van der Waals surface area contributed by atoms with Gasteiger partial charge in [0.2, 0.25) is 0 Å². The maximum atomic E-state index is 13.0. The lowest BCUT2D eigenvalue weighted by atomic mass is 10.1. The van der Waals surface area contributed by atoms with Crippen molar-refractivity contribution in [1.29, 1.82) is 5.26 Å². The van der Waals surface area contributed by atoms with Crippen LogP contribution in [0.15, 0.2) is 42.5 Å². The van der Waals surface area contributed by atoms with Gasteiger partial charge in [-0.15, -0.1) is 0 Å². The van der Waals surface area contributed by atoms with Crippen LogP contribution >= 0.6 is 0 Å². The molecule has 0 radical (unpaired) electrons. The van der Waals surface area contributed by atoms with Crippen LogP contribution in [0.4, 0.5) is 15.8 Å². The number of rotatable bonds is 4. The molecule has 0 saturated heterocycles. The average molecular weight is 256 g/mol. The summed E-state index contributed by atoms with van der Waals surface area (Å²) in [5, 5.41) is 11.8. The van der Waals surface area contributed by atoms with Crippen molar-refractivity contribution in [2.75, 3.05) is 12.4 Å². The highest BCUT2D eigenvalue weighted by molar-refractivity contribution is 5.64. The second kappa shape index (κ2) is 5.87. The van der Waals surface area contributed by atoms with Crippen LogP contribution in [-0.4, -0.2) is 7.11 Å². The number of ether oxygens (including phenoxy) is 1. The highest BCUT2D eigenvalue weighted by atomic mass is 19.1. The Balaban J connectivity index is 2.24. The van der Waals surface area contributed by atoms with Crippen LogP contribution in [-0.2, 0) is 6.67 Å². The Labute approximate surface area is 111 Å². The highest BCUT2D eigenvalue weighted by Crippen LogP contribution is 2.26. The topological polar surface area (TPSA) is 45.0 Å². The fourth-order valence-electron chi connectivity index (χ4n) is 1.71. The lowest BCUT2D eigenvalue weighted by molar-refractivity contribution is 0.412. The average Bonchev–Trinajstić information content (AvgIpc) is 2.48. The summed E-state index contributed by atoms with van der Waals surface area (Å²) < 4.78 is 18.0. The van der Waals surface area contributed by atoms with Gasteiger partial charge in [0.1, 0.15) is 12.4 Å². The Bertz CT molecular complexity index is 603. The molecule has 0 aliphatic heterocycles. The van der Waals surface area contributed by atoms with E-state index in [0.717, 1.165) is 5.69 Å². The molecule has 2 rings (SSSR count). The molecule has 1 N–H and O–H groups in total. The summed E-state index contributed by atoms with van der Waals surface area (Å²) >= 11 is 0. The predicted molar refractivity (Wildman–Crippen MR) is 72.2 cm³/mol. The van der Waals surface area contributed by atoms with Gasteiger partial charge < -0.3 is 10.1 Å². The monoisotopic (exact) mass is 256 g/mol. The van der Waals surface area contributed by atoms with Crippen LogP contribution in [0.25, 0.3) is 0 Å². The summed E-state index contributed by atoms with van der Waals surface area (Å²) in [5.41, 5.74) is 2.61. The molecule has 0 spiro atoms. The number of methoxy groups -OCH3 is 1. The van der Waals surface area contributed by atoms with E-state index in [1.165, 1.54) is 0 Å². The van der Waals surface area contributed by atoms with Gasteiger partial charge in [-0.05, 0) is 42.5 Å². The van der Waals surface area contributed by atoms with Crippen LogP contribution in [0.2, 0.25) is 0 Å². The summed E-state index contributed by atoms with van der Waals surface area (Å²) in [6.45, 7) is -0.574. The van der Waals surface area contributed by atoms with Crippen LogP contribution in [0.5, 0.6) is 5.75 Å². The van der Waals surface area contributed by atoms with Crippen molar-refractivity contribution in [2.45, 2.75) is 6.67 Å². The van der Waals surface area contributed by atoms with E-state index in [2.05, 4.69) is 11.4 Å². The van der Waals surface area contributed by atoms with Gasteiger partial charge in [-0.2, -0.15) is 5.26 Å². The van der Waals surface area contributed by atoms with E-state index < -0.39 is 6.67 Å². The summed E-state index contributed by atoms with van der Waals surface area (Å²) in [7, 11) is 1.55. The molecule has 0 atom stereocenters. The van der Waals surface area contributed by atoms with E-state index in [4.69, 9.17) is 10.00 Å². The first-order valence-electron chi connectivity index (χ1n) is 5.77. The Hall–Kier alpha value is -2.54. The van der Waals surface area contributed by atoms with Gasteiger partial charge in [0.15, 0.2) is 0 Å². The molecule has 19 heavy (non-hydrogen) atoms. The Kier molecular flexibility index (Phi) is 3.99. The summed E-state index contributed by atoms with van der Waals surface area (Å²) in [5.74, 6) is 0.623. The molecule has 0 amide bonds. The van der Waals surface area contributed by atoms with Gasteiger partial charge in [0.05, 0.1) is 18.7 Å². The summed E-state index contributed by atoms with van der Waals surface area (Å²) in [6.07, 6.45) is 0. The van der Waals surface area contributed by atoms with Gasteiger partial charge in [0, 0.05) is 16.9 Å². The molecular weight excluding hydrogens is 243 g/mol. The van der Waals surface area contributed by atoms with Gasteiger partial charge in [-0.25, -0.2) is 4.39 Å². The number of nitrogens with zero attached hydrogens (tertiary/aromatic N) is 1. The van der Waals surface area contributed by atoms with E-state index in [1.54, 1.807) is 49.6 Å². The third-order valence-corrected chi connectivity index (χ3v) is 2.75. The van der Waals surface area contributed by atoms with Crippen LogP contribution in [0.1, 0.15) is 11.1 Å². The van der Waals surface area contributed by atoms with E-state index in [-0.39, 0.29) is 0 Å². The van der Waals surface area contributed by atoms with E-state index in [0.29, 0.717) is 22.6 Å². The third-order valence-electron chi connectivity index (χ3n) is 2.75. The second-order valence-corrected chi connectivity index (χ2v) is 3.97. The van der Waals surface area contributed by atoms with Crippen LogP contribution in [0, 0.1) is 11.3 Å².